The number of carboxylic acid groups (broad SMARTS) is 1. The van der Waals surface area contributed by atoms with Gasteiger partial charge in [0.05, 0.1) is 11.6 Å². The Bertz CT molecular complexity index is 1410. The molecule has 3 saturated heterocycles. The van der Waals surface area contributed by atoms with Crippen molar-refractivity contribution in [3.63, 3.8) is 0 Å². The molecule has 0 unspecified atom stereocenters. The monoisotopic (exact) mass is 530 g/mol. The number of halogens is 1. The van der Waals surface area contributed by atoms with Gasteiger partial charge in [0.2, 0.25) is 10.0 Å². The molecule has 0 atom stereocenters. The maximum Gasteiger partial charge on any atom is 0.335 e. The molecule has 4 heterocycles. The van der Waals surface area contributed by atoms with Crippen molar-refractivity contribution in [2.24, 2.45) is 10.8 Å². The molecule has 1 aromatic carbocycles. The van der Waals surface area contributed by atoms with Crippen LogP contribution < -0.4 is 0 Å². The number of hydrogen-bond acceptors (Lipinski definition) is 6. The summed E-state index contributed by atoms with van der Waals surface area (Å²) >= 11 is 0. The highest BCUT2D eigenvalue weighted by Crippen LogP contribution is 2.54. The Balaban J connectivity index is 0.900. The van der Waals surface area contributed by atoms with Crippen molar-refractivity contribution in [3.05, 3.63) is 41.7 Å². The fourth-order valence-electron chi connectivity index (χ4n) is 6.42. The Kier molecular flexibility index (Phi) is 4.68. The lowest BCUT2D eigenvalue weighted by molar-refractivity contribution is -0.101. The molecule has 2 spiro atoms. The van der Waals surface area contributed by atoms with Crippen LogP contribution >= 0.6 is 0 Å². The molecule has 1 N–H and O–H groups in total. The fraction of sp³-hybridized carbons (Fsp3) is 0.583. The molecule has 5 aliphatic rings. The number of benzene rings is 1. The lowest BCUT2D eigenvalue weighted by Gasteiger charge is -2.63. The number of carboxylic acids is 1. The smallest absolute Gasteiger partial charge is 0.335 e. The van der Waals surface area contributed by atoms with Crippen LogP contribution in [0.2, 0.25) is 0 Å². The van der Waals surface area contributed by atoms with Crippen molar-refractivity contribution in [3.8, 4) is 0 Å². The molecule has 0 bridgehead atoms. The minimum Gasteiger partial charge on any atom is -0.478 e. The number of aromatic nitrogens is 3. The molecule has 2 saturated carbocycles. The van der Waals surface area contributed by atoms with E-state index in [2.05, 4.69) is 10.1 Å². The summed E-state index contributed by atoms with van der Waals surface area (Å²) in [4.78, 5) is 31.5. The highest BCUT2D eigenvalue weighted by molar-refractivity contribution is 7.89. The van der Waals surface area contributed by atoms with E-state index in [0.717, 1.165) is 54.3 Å². The highest BCUT2D eigenvalue weighted by Gasteiger charge is 2.60. The maximum atomic E-state index is 14.2. The summed E-state index contributed by atoms with van der Waals surface area (Å²) in [6, 6.07) is 3.09. The molecule has 1 aromatic heterocycles. The van der Waals surface area contributed by atoms with Crippen molar-refractivity contribution in [2.45, 2.75) is 42.5 Å². The zero-order valence-corrected chi connectivity index (χ0v) is 20.9. The first-order valence-electron chi connectivity index (χ1n) is 12.5. The summed E-state index contributed by atoms with van der Waals surface area (Å²) < 4.78 is 43.2. The Labute approximate surface area is 212 Å². The quantitative estimate of drug-likeness (QED) is 0.624. The van der Waals surface area contributed by atoms with Crippen LogP contribution in [0.15, 0.2) is 29.4 Å². The summed E-state index contributed by atoms with van der Waals surface area (Å²) in [6.07, 6.45) is 6.20. The van der Waals surface area contributed by atoms with Gasteiger partial charge in [-0.2, -0.15) is 9.40 Å². The third-order valence-electron chi connectivity index (χ3n) is 8.65. The number of rotatable bonds is 5. The molecule has 13 heteroatoms. The lowest BCUT2D eigenvalue weighted by atomic mass is 9.60. The van der Waals surface area contributed by atoms with Gasteiger partial charge in [-0.1, -0.05) is 0 Å². The van der Waals surface area contributed by atoms with Crippen molar-refractivity contribution < 1.29 is 27.5 Å². The van der Waals surface area contributed by atoms with Gasteiger partial charge in [0.15, 0.2) is 5.82 Å². The first kappa shape index (κ1) is 23.1. The van der Waals surface area contributed by atoms with Crippen LogP contribution in [-0.2, 0) is 10.0 Å². The molecule has 7 rings (SSSR count). The molecular weight excluding hydrogens is 503 g/mol. The summed E-state index contributed by atoms with van der Waals surface area (Å²) in [5.41, 5.74) is -0.435. The van der Waals surface area contributed by atoms with E-state index in [1.54, 1.807) is 4.90 Å². The number of hydrogen-bond donors (Lipinski definition) is 1. The number of nitrogens with zero attached hydrogens (tertiary/aromatic N) is 6. The predicted octanol–water partition coefficient (Wildman–Crippen LogP) is 1.76. The van der Waals surface area contributed by atoms with E-state index in [9.17, 15) is 22.4 Å². The van der Waals surface area contributed by atoms with Crippen molar-refractivity contribution in [2.75, 3.05) is 39.3 Å². The van der Waals surface area contributed by atoms with Crippen LogP contribution in [0, 0.1) is 16.6 Å². The van der Waals surface area contributed by atoms with Crippen LogP contribution in [0.25, 0.3) is 0 Å². The standard InChI is InChI=1S/C24H27FN6O5S/c25-18-4-3-16(21(32)33)5-19(18)37(35,36)30-12-24(13-30)10-29(11-24)22(34)28-8-23(9-28)6-17(7-23)31-14-26-20(27-31)15-1-2-15/h3-5,14-15,17H,1-2,6-13H2,(H,32,33). The van der Waals surface area contributed by atoms with Crippen molar-refractivity contribution in [1.29, 1.82) is 0 Å². The topological polar surface area (TPSA) is 129 Å². The number of carbonyl (C=O) groups is 2. The van der Waals surface area contributed by atoms with Crippen LogP contribution in [0.3, 0.4) is 0 Å². The Morgan fingerprint density at radius 2 is 1.65 bits per heavy atom. The molecule has 0 radical (unpaired) electrons. The average Bonchev–Trinajstić information content (AvgIpc) is 3.47. The van der Waals surface area contributed by atoms with E-state index in [0.29, 0.717) is 25.0 Å². The van der Waals surface area contributed by atoms with Gasteiger partial charge in [-0.05, 0) is 43.9 Å². The maximum absolute atomic E-state index is 14.2. The summed E-state index contributed by atoms with van der Waals surface area (Å²) in [5, 5.41) is 13.8. The van der Waals surface area contributed by atoms with Crippen LogP contribution in [-0.4, -0.2) is 93.7 Å². The minimum absolute atomic E-state index is 0.0158. The van der Waals surface area contributed by atoms with Gasteiger partial charge in [0, 0.05) is 56.0 Å². The average molecular weight is 531 g/mol. The van der Waals surface area contributed by atoms with E-state index in [1.807, 2.05) is 15.9 Å². The van der Waals surface area contributed by atoms with E-state index in [1.165, 1.54) is 12.8 Å². The van der Waals surface area contributed by atoms with Gasteiger partial charge in [0.1, 0.15) is 17.0 Å². The molecule has 3 aliphatic heterocycles. The third-order valence-corrected chi connectivity index (χ3v) is 10.5. The second kappa shape index (κ2) is 7.50. The molecular formula is C24H27FN6O5S. The molecule has 37 heavy (non-hydrogen) atoms. The van der Waals surface area contributed by atoms with Gasteiger partial charge >= 0.3 is 12.0 Å². The molecule has 11 nitrogen and oxygen atoms in total. The number of amides is 2. The second-order valence-electron chi connectivity index (χ2n) is 11.6. The Hall–Kier alpha value is -3.06. The Morgan fingerprint density at radius 3 is 2.27 bits per heavy atom. The lowest BCUT2D eigenvalue weighted by Crippen LogP contribution is -2.76. The van der Waals surface area contributed by atoms with Gasteiger partial charge in [-0.15, -0.1) is 0 Å². The molecule has 5 fully saturated rings. The molecule has 196 valence electrons. The van der Waals surface area contributed by atoms with Gasteiger partial charge in [-0.25, -0.2) is 32.1 Å². The van der Waals surface area contributed by atoms with E-state index in [-0.39, 0.29) is 35.5 Å². The second-order valence-corrected chi connectivity index (χ2v) is 13.5. The van der Waals surface area contributed by atoms with Gasteiger partial charge in [0.25, 0.3) is 0 Å². The normalized spacial score (nSPS) is 24.4. The number of carbonyl (C=O) groups excluding carboxylic acids is 1. The number of sulfonamides is 1. The first-order valence-corrected chi connectivity index (χ1v) is 14.0. The fourth-order valence-corrected chi connectivity index (χ4v) is 8.18. The van der Waals surface area contributed by atoms with E-state index >= 15 is 0 Å². The molecule has 2 aliphatic carbocycles. The van der Waals surface area contributed by atoms with E-state index in [4.69, 9.17) is 5.11 Å². The summed E-state index contributed by atoms with van der Waals surface area (Å²) in [7, 11) is -4.15. The SMILES string of the molecule is O=C(O)c1ccc(F)c(S(=O)(=O)N2CC3(CN(C(=O)N4CC5(CC(n6cnc(C7CC7)n6)C5)C4)C3)C2)c1. The number of urea groups is 1. The van der Waals surface area contributed by atoms with Crippen molar-refractivity contribution >= 4 is 22.0 Å². The minimum atomic E-state index is -4.15. The van der Waals surface area contributed by atoms with Crippen LogP contribution in [0.1, 0.15) is 53.8 Å². The van der Waals surface area contributed by atoms with Gasteiger partial charge in [-0.3, -0.25) is 0 Å². The Morgan fingerprint density at radius 1 is 1.00 bits per heavy atom. The highest BCUT2D eigenvalue weighted by atomic mass is 32.2. The zero-order chi connectivity index (χ0) is 25.7. The molecule has 2 aromatic rings. The number of aromatic carboxylic acids is 1. The van der Waals surface area contributed by atoms with Crippen molar-refractivity contribution in [1.82, 2.24) is 28.9 Å². The third kappa shape index (κ3) is 3.57. The first-order chi connectivity index (χ1) is 17.6. The molecule has 2 amide bonds. The largest absolute Gasteiger partial charge is 0.478 e. The summed E-state index contributed by atoms with van der Waals surface area (Å²) in [5.74, 6) is -0.803. The summed E-state index contributed by atoms with van der Waals surface area (Å²) in [6.45, 7) is 2.75. The van der Waals surface area contributed by atoms with E-state index < -0.39 is 26.7 Å². The zero-order valence-electron chi connectivity index (χ0n) is 20.1. The predicted molar refractivity (Wildman–Crippen MR) is 126 cm³/mol. The van der Waals surface area contributed by atoms with Crippen LogP contribution in [0.5, 0.6) is 0 Å². The van der Waals surface area contributed by atoms with Crippen LogP contribution in [0.4, 0.5) is 9.18 Å². The van der Waals surface area contributed by atoms with Gasteiger partial charge < -0.3 is 14.9 Å². The number of likely N-dealkylation sites (tertiary alicyclic amines) is 2.